The van der Waals surface area contributed by atoms with Gasteiger partial charge in [0.25, 0.3) is 0 Å². The third-order valence-corrected chi connectivity index (χ3v) is 8.10. The van der Waals surface area contributed by atoms with Crippen molar-refractivity contribution in [1.82, 2.24) is 19.7 Å². The number of rotatable bonds is 10. The molecular formula is C19H20ClN5O8S2. The van der Waals surface area contributed by atoms with Gasteiger partial charge in [-0.15, -0.1) is 5.10 Å². The molecule has 0 spiro atoms. The van der Waals surface area contributed by atoms with Gasteiger partial charge in [0.2, 0.25) is 22.7 Å². The number of aromatic nitrogens is 4. The Hall–Kier alpha value is -3.30. The maximum Gasteiger partial charge on any atom is 0.316 e. The van der Waals surface area contributed by atoms with Gasteiger partial charge in [-0.25, -0.2) is 31.5 Å². The molecule has 0 fully saturated rings. The van der Waals surface area contributed by atoms with Gasteiger partial charge in [-0.1, -0.05) is 17.7 Å². The van der Waals surface area contributed by atoms with Crippen molar-refractivity contribution in [1.29, 1.82) is 0 Å². The highest BCUT2D eigenvalue weighted by atomic mass is 35.5. The second-order valence-electron chi connectivity index (χ2n) is 7.36. The first-order chi connectivity index (χ1) is 16.5. The smallest absolute Gasteiger partial charge is 0.316 e. The van der Waals surface area contributed by atoms with Crippen LogP contribution in [-0.4, -0.2) is 67.9 Å². The van der Waals surface area contributed by atoms with Crippen LogP contribution in [0.5, 0.6) is 23.4 Å². The molecule has 3 heterocycles. The maximum atomic E-state index is 12.5. The number of nitrogens with one attached hydrogen (secondary N) is 1. The van der Waals surface area contributed by atoms with Crippen LogP contribution >= 0.6 is 11.6 Å². The van der Waals surface area contributed by atoms with Crippen molar-refractivity contribution in [2.24, 2.45) is 7.05 Å². The van der Waals surface area contributed by atoms with E-state index < -0.39 is 24.9 Å². The summed E-state index contributed by atoms with van der Waals surface area (Å²) in [5.41, 5.74) is 0.766. The predicted octanol–water partition coefficient (Wildman–Crippen LogP) is 1.46. The molecule has 1 aliphatic heterocycles. The summed E-state index contributed by atoms with van der Waals surface area (Å²) in [4.78, 5) is 7.83. The largest absolute Gasteiger partial charge is 0.472 e. The highest BCUT2D eigenvalue weighted by Crippen LogP contribution is 2.42. The zero-order valence-corrected chi connectivity index (χ0v) is 20.9. The second kappa shape index (κ2) is 9.75. The lowest BCUT2D eigenvalue weighted by Gasteiger charge is -2.11. The summed E-state index contributed by atoms with van der Waals surface area (Å²) in [5, 5.41) is 3.52. The predicted molar refractivity (Wildman–Crippen MR) is 125 cm³/mol. The fraction of sp³-hybridized carbons (Fsp3) is 0.316. The minimum atomic E-state index is -4.27. The zero-order chi connectivity index (χ0) is 25.2. The third-order valence-electron chi connectivity index (χ3n) is 4.45. The van der Waals surface area contributed by atoms with Crippen LogP contribution in [0, 0.1) is 0 Å². The van der Waals surface area contributed by atoms with Crippen molar-refractivity contribution in [2.45, 2.75) is 0 Å². The molecule has 0 atom stereocenters. The Balaban J connectivity index is 1.61. The molecule has 0 bridgehead atoms. The number of aryl methyl sites for hydroxylation is 1. The molecule has 16 heteroatoms. The van der Waals surface area contributed by atoms with Crippen molar-refractivity contribution in [2.75, 3.05) is 36.1 Å². The van der Waals surface area contributed by atoms with Crippen LogP contribution in [0.1, 0.15) is 0 Å². The van der Waals surface area contributed by atoms with Gasteiger partial charge in [0.15, 0.2) is 26.4 Å². The number of sulfonamides is 1. The molecule has 1 aromatic carbocycles. The number of anilines is 1. The SMILES string of the molecule is Cn1nc(OCCOc2ncc(Cl)cn2)c(-c2ccc3c(c2)OCO3)c1NS(=O)(=O)CS(C)(=O)=O. The fourth-order valence-electron chi connectivity index (χ4n) is 3.13. The summed E-state index contributed by atoms with van der Waals surface area (Å²) in [7, 11) is -6.61. The lowest BCUT2D eigenvalue weighted by molar-refractivity contribution is 0.174. The Kier molecular flexibility index (Phi) is 6.91. The highest BCUT2D eigenvalue weighted by Gasteiger charge is 2.27. The molecule has 0 amide bonds. The van der Waals surface area contributed by atoms with Crippen molar-refractivity contribution >= 4 is 37.3 Å². The molecule has 0 saturated heterocycles. The minimum absolute atomic E-state index is 0.00414. The molecular weight excluding hydrogens is 526 g/mol. The van der Waals surface area contributed by atoms with E-state index in [4.69, 9.17) is 30.5 Å². The Labute approximate surface area is 205 Å². The van der Waals surface area contributed by atoms with Crippen molar-refractivity contribution < 1.29 is 35.8 Å². The molecule has 4 rings (SSSR count). The summed E-state index contributed by atoms with van der Waals surface area (Å²) >= 11 is 5.75. The zero-order valence-electron chi connectivity index (χ0n) is 18.5. The molecule has 2 aromatic heterocycles. The Bertz CT molecular complexity index is 1440. The van der Waals surface area contributed by atoms with Gasteiger partial charge < -0.3 is 18.9 Å². The van der Waals surface area contributed by atoms with Crippen LogP contribution in [0.2, 0.25) is 5.02 Å². The topological polar surface area (TPSA) is 161 Å². The summed E-state index contributed by atoms with van der Waals surface area (Å²) < 4.78 is 73.7. The van der Waals surface area contributed by atoms with Crippen LogP contribution in [-0.2, 0) is 26.9 Å². The summed E-state index contributed by atoms with van der Waals surface area (Å²) in [6, 6.07) is 5.07. The van der Waals surface area contributed by atoms with Crippen LogP contribution in [0.4, 0.5) is 5.82 Å². The molecule has 0 saturated carbocycles. The number of nitrogens with zero attached hydrogens (tertiary/aromatic N) is 4. The van der Waals surface area contributed by atoms with E-state index in [2.05, 4.69) is 19.8 Å². The second-order valence-corrected chi connectivity index (χ2v) is 12.0. The number of fused-ring (bicyclic) bond motifs is 1. The number of sulfone groups is 1. The van der Waals surface area contributed by atoms with Crippen LogP contribution < -0.4 is 23.7 Å². The van der Waals surface area contributed by atoms with E-state index in [0.29, 0.717) is 22.1 Å². The lowest BCUT2D eigenvalue weighted by Crippen LogP contribution is -2.23. The lowest BCUT2D eigenvalue weighted by atomic mass is 10.1. The molecule has 0 unspecified atom stereocenters. The van der Waals surface area contributed by atoms with Crippen molar-refractivity contribution in [3.63, 3.8) is 0 Å². The Morgan fingerprint density at radius 3 is 2.49 bits per heavy atom. The molecule has 1 aliphatic rings. The van der Waals surface area contributed by atoms with Crippen molar-refractivity contribution in [3.8, 4) is 34.5 Å². The van der Waals surface area contributed by atoms with E-state index in [1.54, 1.807) is 18.2 Å². The Morgan fingerprint density at radius 1 is 1.09 bits per heavy atom. The van der Waals surface area contributed by atoms with Crippen LogP contribution in [0.3, 0.4) is 0 Å². The monoisotopic (exact) mass is 545 g/mol. The molecule has 1 N–H and O–H groups in total. The summed E-state index contributed by atoms with van der Waals surface area (Å²) in [6.45, 7) is 0.108. The van der Waals surface area contributed by atoms with Gasteiger partial charge in [-0.2, -0.15) is 0 Å². The van der Waals surface area contributed by atoms with E-state index in [-0.39, 0.29) is 43.3 Å². The van der Waals surface area contributed by atoms with E-state index >= 15 is 0 Å². The van der Waals surface area contributed by atoms with Gasteiger partial charge >= 0.3 is 6.01 Å². The summed E-state index contributed by atoms with van der Waals surface area (Å²) in [5.74, 6) is 1.05. The molecule has 3 aromatic rings. The number of hydrogen-bond acceptors (Lipinski definition) is 11. The first kappa shape index (κ1) is 24.8. The molecule has 13 nitrogen and oxygen atoms in total. The van der Waals surface area contributed by atoms with Crippen LogP contribution in [0.25, 0.3) is 11.1 Å². The van der Waals surface area contributed by atoms with Gasteiger partial charge in [-0.3, -0.25) is 4.72 Å². The van der Waals surface area contributed by atoms with Gasteiger partial charge in [0, 0.05) is 13.3 Å². The van der Waals surface area contributed by atoms with Gasteiger partial charge in [0.1, 0.15) is 19.0 Å². The summed E-state index contributed by atoms with van der Waals surface area (Å²) in [6.07, 6.45) is 3.60. The number of ether oxygens (including phenoxy) is 4. The van der Waals surface area contributed by atoms with Crippen LogP contribution in [0.15, 0.2) is 30.6 Å². The average Bonchev–Trinajstić information content (AvgIpc) is 3.34. The standard InChI is InChI=1S/C19H20ClN5O8S2/c1-25-17(24-35(28,29)11-34(2,26)27)16(12-3-4-14-15(7-12)33-10-32-14)18(23-25)30-5-6-31-19-21-8-13(20)9-22-19/h3-4,7-9,24H,5-6,10-11H2,1-2H3. The minimum Gasteiger partial charge on any atom is -0.472 e. The molecule has 0 aliphatic carbocycles. The highest BCUT2D eigenvalue weighted by molar-refractivity contribution is 8.08. The first-order valence-electron chi connectivity index (χ1n) is 9.89. The van der Waals surface area contributed by atoms with E-state index in [1.807, 2.05) is 0 Å². The van der Waals surface area contributed by atoms with E-state index in [0.717, 1.165) is 6.26 Å². The van der Waals surface area contributed by atoms with E-state index in [1.165, 1.54) is 24.1 Å². The molecule has 0 radical (unpaired) electrons. The fourth-order valence-corrected chi connectivity index (χ4v) is 6.25. The van der Waals surface area contributed by atoms with Crippen molar-refractivity contribution in [3.05, 3.63) is 35.6 Å². The first-order valence-corrected chi connectivity index (χ1v) is 14.0. The van der Waals surface area contributed by atoms with E-state index in [9.17, 15) is 16.8 Å². The van der Waals surface area contributed by atoms with Gasteiger partial charge in [-0.05, 0) is 17.7 Å². The molecule has 188 valence electrons. The number of benzene rings is 1. The quantitative estimate of drug-likeness (QED) is 0.367. The number of halogens is 1. The Morgan fingerprint density at radius 2 is 1.77 bits per heavy atom. The normalized spacial score (nSPS) is 13.0. The van der Waals surface area contributed by atoms with Gasteiger partial charge in [0.05, 0.1) is 23.0 Å². The molecule has 35 heavy (non-hydrogen) atoms. The third kappa shape index (κ3) is 6.23. The number of hydrogen-bond donors (Lipinski definition) is 1. The average molecular weight is 546 g/mol. The maximum absolute atomic E-state index is 12.5.